The Morgan fingerprint density at radius 1 is 1.25 bits per heavy atom. The van der Waals surface area contributed by atoms with Crippen molar-refractivity contribution < 1.29 is 23.8 Å². The van der Waals surface area contributed by atoms with E-state index in [0.717, 1.165) is 5.56 Å². The minimum Gasteiger partial charge on any atom is -0.493 e. The van der Waals surface area contributed by atoms with E-state index in [1.54, 1.807) is 44.7 Å². The Bertz CT molecular complexity index is 901. The minimum absolute atomic E-state index is 0.206. The van der Waals surface area contributed by atoms with E-state index in [-0.39, 0.29) is 6.54 Å². The summed E-state index contributed by atoms with van der Waals surface area (Å²) in [5, 5.41) is 2.78. The second-order valence-corrected chi connectivity index (χ2v) is 6.38. The zero-order chi connectivity index (χ0) is 20.3. The number of rotatable bonds is 6. The Morgan fingerprint density at radius 3 is 2.68 bits per heavy atom. The molecule has 28 heavy (non-hydrogen) atoms. The molecule has 1 atom stereocenters. The number of carbonyl (C=O) groups is 2. The van der Waals surface area contributed by atoms with Gasteiger partial charge in [-0.15, -0.1) is 0 Å². The molecule has 0 bridgehead atoms. The van der Waals surface area contributed by atoms with Gasteiger partial charge < -0.3 is 19.5 Å². The third-order valence-corrected chi connectivity index (χ3v) is 4.62. The van der Waals surface area contributed by atoms with Crippen LogP contribution in [0.3, 0.4) is 0 Å². The van der Waals surface area contributed by atoms with Crippen LogP contribution in [-0.4, -0.2) is 43.2 Å². The first-order valence-corrected chi connectivity index (χ1v) is 8.89. The highest BCUT2D eigenvalue weighted by molar-refractivity contribution is 6.16. The van der Waals surface area contributed by atoms with E-state index < -0.39 is 17.4 Å². The summed E-state index contributed by atoms with van der Waals surface area (Å²) in [7, 11) is 3.10. The van der Waals surface area contributed by atoms with Crippen LogP contribution in [0.5, 0.6) is 17.2 Å². The predicted octanol–water partition coefficient (Wildman–Crippen LogP) is 1.92. The molecule has 0 unspecified atom stereocenters. The number of benzene rings is 1. The fraction of sp³-hybridized carbons (Fsp3) is 0.350. The van der Waals surface area contributed by atoms with Gasteiger partial charge in [0.1, 0.15) is 0 Å². The molecule has 8 nitrogen and oxygen atoms in total. The summed E-state index contributed by atoms with van der Waals surface area (Å²) >= 11 is 0. The second-order valence-electron chi connectivity index (χ2n) is 6.38. The number of anilines is 1. The summed E-state index contributed by atoms with van der Waals surface area (Å²) < 4.78 is 16.3. The zero-order valence-corrected chi connectivity index (χ0v) is 16.3. The first-order valence-electron chi connectivity index (χ1n) is 8.89. The molecule has 0 aliphatic carbocycles. The monoisotopic (exact) mass is 385 g/mol. The highest BCUT2D eigenvalue weighted by Gasteiger charge is 2.50. The lowest BCUT2D eigenvalue weighted by atomic mass is 10.0. The molecule has 3 rings (SSSR count). The highest BCUT2D eigenvalue weighted by atomic mass is 16.5. The van der Waals surface area contributed by atoms with Gasteiger partial charge in [0.15, 0.2) is 23.1 Å². The normalized spacial score (nSPS) is 18.1. The number of nitrogens with zero attached hydrogens (tertiary/aromatic N) is 2. The fourth-order valence-corrected chi connectivity index (χ4v) is 3.06. The molecule has 0 radical (unpaired) electrons. The maximum atomic E-state index is 12.9. The summed E-state index contributed by atoms with van der Waals surface area (Å²) in [5.74, 6) is 0.986. The Morgan fingerprint density at radius 2 is 2.00 bits per heavy atom. The number of amides is 2. The van der Waals surface area contributed by atoms with Gasteiger partial charge in [-0.2, -0.15) is 0 Å². The van der Waals surface area contributed by atoms with Crippen molar-refractivity contribution in [3.63, 3.8) is 0 Å². The fourth-order valence-electron chi connectivity index (χ4n) is 3.06. The topological polar surface area (TPSA) is 90.0 Å². The SMILES string of the molecule is CCN1C(=O)[C@@](C)(C(=O)NCc2ccc(OC)c(OC)c2)Oc2cccnc21. The van der Waals surface area contributed by atoms with Crippen molar-refractivity contribution in [1.82, 2.24) is 10.3 Å². The summed E-state index contributed by atoms with van der Waals surface area (Å²) in [4.78, 5) is 31.5. The molecular formula is C20H23N3O5. The maximum Gasteiger partial charge on any atom is 0.282 e. The molecule has 0 saturated heterocycles. The molecule has 1 aromatic carbocycles. The predicted molar refractivity (Wildman–Crippen MR) is 103 cm³/mol. The average molecular weight is 385 g/mol. The largest absolute Gasteiger partial charge is 0.493 e. The van der Waals surface area contributed by atoms with E-state index in [9.17, 15) is 9.59 Å². The van der Waals surface area contributed by atoms with Crippen LogP contribution in [-0.2, 0) is 16.1 Å². The Hall–Kier alpha value is -3.29. The first kappa shape index (κ1) is 19.5. The van der Waals surface area contributed by atoms with Crippen LogP contribution in [0.25, 0.3) is 0 Å². The van der Waals surface area contributed by atoms with Crippen LogP contribution in [0.1, 0.15) is 19.4 Å². The van der Waals surface area contributed by atoms with Crippen molar-refractivity contribution in [3.8, 4) is 17.2 Å². The molecule has 0 spiro atoms. The molecule has 0 fully saturated rings. The van der Waals surface area contributed by atoms with Gasteiger partial charge in [0.05, 0.1) is 14.2 Å². The molecule has 148 valence electrons. The van der Waals surface area contributed by atoms with Crippen molar-refractivity contribution in [3.05, 3.63) is 42.1 Å². The number of fused-ring (bicyclic) bond motifs is 1. The van der Waals surface area contributed by atoms with E-state index in [4.69, 9.17) is 14.2 Å². The van der Waals surface area contributed by atoms with Gasteiger partial charge >= 0.3 is 0 Å². The van der Waals surface area contributed by atoms with Crippen LogP contribution in [0.4, 0.5) is 5.82 Å². The van der Waals surface area contributed by atoms with Crippen molar-refractivity contribution in [2.45, 2.75) is 26.0 Å². The maximum absolute atomic E-state index is 12.9. The van der Waals surface area contributed by atoms with Crippen molar-refractivity contribution in [2.75, 3.05) is 25.7 Å². The van der Waals surface area contributed by atoms with Crippen molar-refractivity contribution >= 4 is 17.6 Å². The van der Waals surface area contributed by atoms with Crippen LogP contribution in [0, 0.1) is 0 Å². The molecular weight excluding hydrogens is 362 g/mol. The Labute approximate surface area is 163 Å². The van der Waals surface area contributed by atoms with Crippen molar-refractivity contribution in [1.29, 1.82) is 0 Å². The average Bonchev–Trinajstić information content (AvgIpc) is 2.72. The van der Waals surface area contributed by atoms with Crippen LogP contribution in [0.2, 0.25) is 0 Å². The van der Waals surface area contributed by atoms with Crippen molar-refractivity contribution in [2.24, 2.45) is 0 Å². The standard InChI is InChI=1S/C20H23N3O5/c1-5-23-17-15(7-6-10-21-17)28-20(2,19(23)25)18(24)22-12-13-8-9-14(26-3)16(11-13)27-4/h6-11H,5,12H2,1-4H3,(H,22,24)/t20-/m1/s1. The number of ether oxygens (including phenoxy) is 3. The van der Waals surface area contributed by atoms with Crippen LogP contribution < -0.4 is 24.4 Å². The number of hydrogen-bond acceptors (Lipinski definition) is 6. The number of methoxy groups -OCH3 is 2. The summed E-state index contributed by atoms with van der Waals surface area (Å²) in [6, 6.07) is 8.72. The summed E-state index contributed by atoms with van der Waals surface area (Å²) in [5.41, 5.74) is -0.880. The molecule has 1 aliphatic rings. The minimum atomic E-state index is -1.68. The zero-order valence-electron chi connectivity index (χ0n) is 16.3. The Kier molecular flexibility index (Phi) is 5.39. The van der Waals surface area contributed by atoms with Gasteiger partial charge in [-0.3, -0.25) is 14.5 Å². The quantitative estimate of drug-likeness (QED) is 0.764. The summed E-state index contributed by atoms with van der Waals surface area (Å²) in [6.45, 7) is 3.88. The lowest BCUT2D eigenvalue weighted by molar-refractivity contribution is -0.148. The third-order valence-electron chi connectivity index (χ3n) is 4.62. The molecule has 2 amide bonds. The number of carbonyl (C=O) groups excluding carboxylic acids is 2. The van der Waals surface area contributed by atoms with Gasteiger partial charge in [0.25, 0.3) is 17.4 Å². The van der Waals surface area contributed by atoms with E-state index in [1.807, 2.05) is 13.0 Å². The third kappa shape index (κ3) is 3.33. The number of hydrogen-bond donors (Lipinski definition) is 1. The molecule has 1 N–H and O–H groups in total. The molecule has 1 aliphatic heterocycles. The van der Waals surface area contributed by atoms with E-state index in [1.165, 1.54) is 11.8 Å². The lowest BCUT2D eigenvalue weighted by Crippen LogP contribution is -2.62. The first-order chi connectivity index (χ1) is 13.4. The lowest BCUT2D eigenvalue weighted by Gasteiger charge is -2.38. The van der Waals surface area contributed by atoms with Crippen LogP contribution in [0.15, 0.2) is 36.5 Å². The number of pyridine rings is 1. The number of aromatic nitrogens is 1. The van der Waals surface area contributed by atoms with E-state index in [2.05, 4.69) is 10.3 Å². The Balaban J connectivity index is 1.79. The van der Waals surface area contributed by atoms with Gasteiger partial charge in [-0.1, -0.05) is 6.07 Å². The van der Waals surface area contributed by atoms with Gasteiger partial charge in [-0.25, -0.2) is 4.98 Å². The van der Waals surface area contributed by atoms with Gasteiger partial charge in [0.2, 0.25) is 0 Å². The van der Waals surface area contributed by atoms with E-state index >= 15 is 0 Å². The molecule has 8 heteroatoms. The number of nitrogens with one attached hydrogen (secondary N) is 1. The highest BCUT2D eigenvalue weighted by Crippen LogP contribution is 2.36. The molecule has 2 heterocycles. The molecule has 0 saturated carbocycles. The second kappa shape index (κ2) is 7.75. The molecule has 1 aromatic heterocycles. The van der Waals surface area contributed by atoms with E-state index in [0.29, 0.717) is 29.6 Å². The summed E-state index contributed by atoms with van der Waals surface area (Å²) in [6.07, 6.45) is 1.58. The van der Waals surface area contributed by atoms with Gasteiger partial charge in [-0.05, 0) is 43.7 Å². The smallest absolute Gasteiger partial charge is 0.282 e. The number of likely N-dealkylation sites (N-methyl/N-ethyl adjacent to an activating group) is 1. The van der Waals surface area contributed by atoms with Gasteiger partial charge in [0, 0.05) is 19.3 Å². The molecule has 2 aromatic rings. The van der Waals surface area contributed by atoms with Crippen LogP contribution >= 0.6 is 0 Å².